The number of halogens is 2. The number of rotatable bonds is 2. The Bertz CT molecular complexity index is 401. The van der Waals surface area contributed by atoms with Crippen molar-refractivity contribution in [2.24, 2.45) is 29.6 Å². The zero-order valence-electron chi connectivity index (χ0n) is 13.6. The highest BCUT2D eigenvalue weighted by atomic mass is 19.3. The molecule has 1 nitrogen and oxygen atoms in total. The van der Waals surface area contributed by atoms with E-state index >= 15 is 0 Å². The van der Waals surface area contributed by atoms with Gasteiger partial charge in [-0.1, -0.05) is 13.8 Å². The van der Waals surface area contributed by atoms with E-state index in [0.717, 1.165) is 0 Å². The fourth-order valence-corrected chi connectivity index (χ4v) is 4.71. The van der Waals surface area contributed by atoms with E-state index in [0.29, 0.717) is 18.5 Å². The van der Waals surface area contributed by atoms with Gasteiger partial charge in [0.25, 0.3) is 5.92 Å². The molecule has 104 valence electrons. The topological polar surface area (TPSA) is 3.24 Å². The Balaban J connectivity index is 2.00. The predicted octanol–water partition coefficient (Wildman–Crippen LogP) is 3.64. The average Bonchev–Trinajstić information content (AvgIpc) is 2.82. The summed E-state index contributed by atoms with van der Waals surface area (Å²) in [5.41, 5.74) is 0. The molecule has 2 saturated carbocycles. The maximum absolute atomic E-state index is 14.5. The number of hydrogen-bond donors (Lipinski definition) is 0. The summed E-state index contributed by atoms with van der Waals surface area (Å²) >= 11 is 0. The van der Waals surface area contributed by atoms with Crippen molar-refractivity contribution in [2.75, 3.05) is 6.54 Å². The maximum Gasteiger partial charge on any atom is 0.254 e. The zero-order chi connectivity index (χ0) is 15.0. The molecule has 0 aromatic carbocycles. The van der Waals surface area contributed by atoms with Crippen molar-refractivity contribution >= 4 is 0 Å². The lowest BCUT2D eigenvalue weighted by molar-refractivity contribution is -0.0654. The van der Waals surface area contributed by atoms with E-state index in [4.69, 9.17) is 2.74 Å². The van der Waals surface area contributed by atoms with Crippen LogP contribution in [-0.4, -0.2) is 29.5 Å². The molecule has 1 saturated heterocycles. The third kappa shape index (κ3) is 1.46. The van der Waals surface area contributed by atoms with E-state index in [2.05, 4.69) is 32.6 Å². The number of alkyl halides is 2. The predicted molar refractivity (Wildman–Crippen MR) is 68.6 cm³/mol. The third-order valence-electron chi connectivity index (χ3n) is 5.33. The fourth-order valence-electron chi connectivity index (χ4n) is 4.71. The third-order valence-corrected chi connectivity index (χ3v) is 5.33. The Labute approximate surface area is 112 Å². The van der Waals surface area contributed by atoms with Crippen LogP contribution < -0.4 is 0 Å². The highest BCUT2D eigenvalue weighted by molar-refractivity contribution is 5.14. The van der Waals surface area contributed by atoms with Crippen LogP contribution in [0.3, 0.4) is 0 Å². The molecule has 1 aliphatic heterocycles. The van der Waals surface area contributed by atoms with Crippen LogP contribution in [0.15, 0.2) is 0 Å². The van der Waals surface area contributed by atoms with Crippen molar-refractivity contribution < 1.29 is 11.5 Å². The van der Waals surface area contributed by atoms with Gasteiger partial charge in [-0.3, -0.25) is 4.90 Å². The maximum atomic E-state index is 14.5. The molecular formula is C15H25F2N. The number of likely N-dealkylation sites (tertiary alicyclic amines) is 1. The molecule has 18 heavy (non-hydrogen) atoms. The lowest BCUT2D eigenvalue weighted by Gasteiger charge is -2.36. The lowest BCUT2D eigenvalue weighted by atomic mass is 9.75. The minimum absolute atomic E-state index is 0.0890. The van der Waals surface area contributed by atoms with Crippen LogP contribution >= 0.6 is 0 Å². The van der Waals surface area contributed by atoms with E-state index in [-0.39, 0.29) is 17.9 Å². The first-order valence-corrected chi connectivity index (χ1v) is 7.17. The van der Waals surface area contributed by atoms with Crippen LogP contribution in [0.25, 0.3) is 0 Å². The molecule has 0 aromatic heterocycles. The van der Waals surface area contributed by atoms with Gasteiger partial charge in [-0.15, -0.1) is 0 Å². The van der Waals surface area contributed by atoms with Gasteiger partial charge < -0.3 is 0 Å². The summed E-state index contributed by atoms with van der Waals surface area (Å²) in [6, 6.07) is 0.482. The highest BCUT2D eigenvalue weighted by Crippen LogP contribution is 2.65. The van der Waals surface area contributed by atoms with Gasteiger partial charge in [-0.05, 0) is 44.4 Å². The first-order valence-electron chi connectivity index (χ1n) is 8.33. The highest BCUT2D eigenvalue weighted by Gasteiger charge is 2.70. The van der Waals surface area contributed by atoms with Crippen LogP contribution in [0, 0.1) is 29.6 Å². The first-order chi connectivity index (χ1) is 9.19. The van der Waals surface area contributed by atoms with Crippen molar-refractivity contribution in [1.29, 1.82) is 0 Å². The fraction of sp³-hybridized carbons (Fsp3) is 1.00. The number of hydrogen-bond acceptors (Lipinski definition) is 1. The number of nitrogens with zero attached hydrogens (tertiary/aromatic N) is 1. The van der Waals surface area contributed by atoms with Crippen molar-refractivity contribution in [3.63, 3.8) is 0 Å². The van der Waals surface area contributed by atoms with E-state index < -0.39 is 30.6 Å². The van der Waals surface area contributed by atoms with Crippen LogP contribution in [-0.2, 0) is 0 Å². The van der Waals surface area contributed by atoms with E-state index in [1.165, 1.54) is 0 Å². The molecule has 1 heterocycles. The lowest BCUT2D eigenvalue weighted by Crippen LogP contribution is -2.44. The molecule has 3 heteroatoms. The summed E-state index contributed by atoms with van der Waals surface area (Å²) in [4.78, 5) is 2.35. The molecule has 2 bridgehead atoms. The molecule has 0 aromatic rings. The monoisotopic (exact) mass is 259 g/mol. The van der Waals surface area contributed by atoms with Crippen molar-refractivity contribution in [2.45, 2.75) is 58.5 Å². The van der Waals surface area contributed by atoms with Gasteiger partial charge in [0.05, 0.1) is 0 Å². The normalized spacial score (nSPS) is 56.1. The van der Waals surface area contributed by atoms with E-state index in [9.17, 15) is 8.78 Å². The van der Waals surface area contributed by atoms with Gasteiger partial charge in [0.1, 0.15) is 0 Å². The molecule has 2 aliphatic carbocycles. The summed E-state index contributed by atoms with van der Waals surface area (Å²) in [5.74, 6) is -4.47. The Morgan fingerprint density at radius 3 is 2.33 bits per heavy atom. The van der Waals surface area contributed by atoms with Crippen LogP contribution in [0.5, 0.6) is 0 Å². The van der Waals surface area contributed by atoms with Gasteiger partial charge in [0.2, 0.25) is 0 Å². The van der Waals surface area contributed by atoms with Gasteiger partial charge >= 0.3 is 0 Å². The molecule has 3 aliphatic rings. The van der Waals surface area contributed by atoms with Gasteiger partial charge in [0, 0.05) is 33.2 Å². The second kappa shape index (κ2) is 3.91. The van der Waals surface area contributed by atoms with Crippen LogP contribution in [0.1, 0.15) is 43.2 Å². The van der Waals surface area contributed by atoms with E-state index in [1.54, 1.807) is 0 Å². The Morgan fingerprint density at radius 2 is 1.78 bits per heavy atom. The SMILES string of the molecule is [2H]C1C([2H])C2C3C(CN(C(C)C)C3C(C)C)C1C2(F)F. The molecule has 7 atom stereocenters. The van der Waals surface area contributed by atoms with Gasteiger partial charge in [0.15, 0.2) is 0 Å². The van der Waals surface area contributed by atoms with Crippen molar-refractivity contribution in [3.8, 4) is 0 Å². The summed E-state index contributed by atoms with van der Waals surface area (Å²) < 4.78 is 45.1. The average molecular weight is 259 g/mol. The largest absolute Gasteiger partial charge is 0.297 e. The molecule has 0 amide bonds. The smallest absolute Gasteiger partial charge is 0.254 e. The molecular weight excluding hydrogens is 232 g/mol. The van der Waals surface area contributed by atoms with Crippen LogP contribution in [0.4, 0.5) is 8.78 Å². The summed E-state index contributed by atoms with van der Waals surface area (Å²) in [7, 11) is 0. The summed E-state index contributed by atoms with van der Waals surface area (Å²) in [6.07, 6.45) is -1.82. The second-order valence-electron chi connectivity index (χ2n) is 6.88. The van der Waals surface area contributed by atoms with Crippen molar-refractivity contribution in [1.82, 2.24) is 4.90 Å². The zero-order valence-corrected chi connectivity index (χ0v) is 11.6. The standard InChI is InChI=1S/C15H25F2N/c1-8(2)14-13-10(7-18(14)9(3)4)11-5-6-12(13)15(11,16)17/h8-14H,5-7H2,1-4H3/i5D,6D. The second-order valence-corrected chi connectivity index (χ2v) is 6.88. The minimum Gasteiger partial charge on any atom is -0.297 e. The number of fused-ring (bicyclic) bond motifs is 5. The molecule has 0 spiro atoms. The van der Waals surface area contributed by atoms with Crippen LogP contribution in [0.2, 0.25) is 0 Å². The Morgan fingerprint density at radius 1 is 1.17 bits per heavy atom. The summed E-state index contributed by atoms with van der Waals surface area (Å²) in [6.45, 7) is 9.12. The molecule has 3 rings (SSSR count). The molecule has 7 unspecified atom stereocenters. The Hall–Kier alpha value is -0.180. The minimum atomic E-state index is -2.80. The van der Waals surface area contributed by atoms with Crippen molar-refractivity contribution in [3.05, 3.63) is 0 Å². The molecule has 0 N–H and O–H groups in total. The Kier molecular flexibility index (Phi) is 2.30. The van der Waals surface area contributed by atoms with Gasteiger partial charge in [-0.2, -0.15) is 0 Å². The molecule has 3 fully saturated rings. The summed E-state index contributed by atoms with van der Waals surface area (Å²) in [5, 5.41) is 0. The van der Waals surface area contributed by atoms with E-state index in [1.807, 2.05) is 0 Å². The molecule has 0 radical (unpaired) electrons. The first kappa shape index (κ1) is 10.6. The quantitative estimate of drug-likeness (QED) is 0.732. The van der Waals surface area contributed by atoms with Gasteiger partial charge in [-0.25, -0.2) is 8.78 Å².